The Labute approximate surface area is 138 Å². The molecule has 0 bridgehead atoms. The molecular formula is C16H19FN4OS. The molecule has 4 rings (SSSR count). The Balaban J connectivity index is 1.30. The summed E-state index contributed by atoms with van der Waals surface area (Å²) in [6, 6.07) is 2.97. The standard InChI is InChI=1S/C16H19FN4OS/c1-20-7-12(6-19-20)8-21-10-16(11-21)5-13(9-23-16)22-15-14(17)3-2-4-18-15/h2-4,6-7,13H,5,8-11H2,1H3/t13-/m1/s1. The third-order valence-electron chi connectivity index (χ3n) is 4.37. The number of ether oxygens (including phenoxy) is 1. The molecule has 2 aromatic rings. The molecule has 5 nitrogen and oxygen atoms in total. The van der Waals surface area contributed by atoms with E-state index in [4.69, 9.17) is 4.74 Å². The summed E-state index contributed by atoms with van der Waals surface area (Å²) in [6.45, 7) is 3.05. The van der Waals surface area contributed by atoms with E-state index in [1.807, 2.05) is 29.7 Å². The highest BCUT2D eigenvalue weighted by atomic mass is 32.2. The molecule has 2 aromatic heterocycles. The minimum absolute atomic E-state index is 0.0462. The van der Waals surface area contributed by atoms with Gasteiger partial charge in [-0.25, -0.2) is 9.37 Å². The van der Waals surface area contributed by atoms with Crippen LogP contribution in [0, 0.1) is 5.82 Å². The molecule has 122 valence electrons. The first-order valence-electron chi connectivity index (χ1n) is 7.73. The molecule has 0 aliphatic carbocycles. The van der Waals surface area contributed by atoms with Crippen LogP contribution in [0.2, 0.25) is 0 Å². The topological polar surface area (TPSA) is 43.2 Å². The second-order valence-electron chi connectivity index (χ2n) is 6.40. The number of hydrogen-bond donors (Lipinski definition) is 0. The van der Waals surface area contributed by atoms with Crippen molar-refractivity contribution in [2.24, 2.45) is 7.05 Å². The van der Waals surface area contributed by atoms with Crippen LogP contribution in [0.4, 0.5) is 4.39 Å². The van der Waals surface area contributed by atoms with Crippen LogP contribution in [0.15, 0.2) is 30.7 Å². The van der Waals surface area contributed by atoms with E-state index in [2.05, 4.69) is 21.2 Å². The van der Waals surface area contributed by atoms with Crippen LogP contribution in [0.1, 0.15) is 12.0 Å². The van der Waals surface area contributed by atoms with Gasteiger partial charge in [0.05, 0.1) is 6.20 Å². The summed E-state index contributed by atoms with van der Waals surface area (Å²) in [5, 5.41) is 4.21. The van der Waals surface area contributed by atoms with Crippen molar-refractivity contribution in [3.63, 3.8) is 0 Å². The lowest BCUT2D eigenvalue weighted by atomic mass is 9.92. The molecule has 0 N–H and O–H groups in total. The zero-order chi connectivity index (χ0) is 15.9. The fourth-order valence-electron chi connectivity index (χ4n) is 3.41. The molecule has 1 spiro atoms. The first-order chi connectivity index (χ1) is 11.1. The predicted molar refractivity (Wildman–Crippen MR) is 86.9 cm³/mol. The number of thioether (sulfide) groups is 1. The quantitative estimate of drug-likeness (QED) is 0.857. The predicted octanol–water partition coefficient (Wildman–Crippen LogP) is 2.09. The Bertz CT molecular complexity index is 701. The van der Waals surface area contributed by atoms with Crippen molar-refractivity contribution in [3.8, 4) is 5.88 Å². The highest BCUT2D eigenvalue weighted by molar-refractivity contribution is 8.01. The number of aryl methyl sites for hydroxylation is 1. The first kappa shape index (κ1) is 15.0. The van der Waals surface area contributed by atoms with Crippen LogP contribution in [-0.2, 0) is 13.6 Å². The molecule has 2 aliphatic rings. The molecule has 23 heavy (non-hydrogen) atoms. The van der Waals surface area contributed by atoms with Gasteiger partial charge in [0.25, 0.3) is 5.88 Å². The Morgan fingerprint density at radius 3 is 3.09 bits per heavy atom. The highest BCUT2D eigenvalue weighted by Crippen LogP contribution is 2.46. The van der Waals surface area contributed by atoms with Crippen molar-refractivity contribution in [3.05, 3.63) is 42.1 Å². The zero-order valence-corrected chi connectivity index (χ0v) is 13.8. The van der Waals surface area contributed by atoms with E-state index in [1.54, 1.807) is 12.3 Å². The van der Waals surface area contributed by atoms with Gasteiger partial charge < -0.3 is 4.74 Å². The van der Waals surface area contributed by atoms with Crippen LogP contribution in [0.5, 0.6) is 5.88 Å². The van der Waals surface area contributed by atoms with E-state index in [1.165, 1.54) is 11.6 Å². The number of hydrogen-bond acceptors (Lipinski definition) is 5. The number of pyridine rings is 1. The minimum Gasteiger partial charge on any atom is -0.471 e. The smallest absolute Gasteiger partial charge is 0.250 e. The van der Waals surface area contributed by atoms with Crippen molar-refractivity contribution in [1.29, 1.82) is 0 Å². The molecule has 4 heterocycles. The molecule has 7 heteroatoms. The van der Waals surface area contributed by atoms with Crippen LogP contribution in [0.3, 0.4) is 0 Å². The second-order valence-corrected chi connectivity index (χ2v) is 7.88. The van der Waals surface area contributed by atoms with E-state index in [0.29, 0.717) is 0 Å². The van der Waals surface area contributed by atoms with E-state index in [0.717, 1.165) is 31.8 Å². The minimum atomic E-state index is -0.384. The van der Waals surface area contributed by atoms with E-state index >= 15 is 0 Å². The Morgan fingerprint density at radius 1 is 1.48 bits per heavy atom. The Kier molecular flexibility index (Phi) is 3.77. The maximum absolute atomic E-state index is 13.6. The summed E-state index contributed by atoms with van der Waals surface area (Å²) in [7, 11) is 1.94. The third kappa shape index (κ3) is 3.07. The largest absolute Gasteiger partial charge is 0.471 e. The average molecular weight is 334 g/mol. The molecule has 2 fully saturated rings. The average Bonchev–Trinajstić information content (AvgIpc) is 3.08. The Hall–Kier alpha value is -1.60. The van der Waals surface area contributed by atoms with Crippen molar-refractivity contribution in [2.75, 3.05) is 18.8 Å². The van der Waals surface area contributed by atoms with Crippen molar-refractivity contribution >= 4 is 11.8 Å². The molecule has 0 radical (unpaired) electrons. The van der Waals surface area contributed by atoms with Crippen molar-refractivity contribution in [2.45, 2.75) is 23.8 Å². The van der Waals surface area contributed by atoms with Crippen LogP contribution in [-0.4, -0.2) is 49.4 Å². The molecular weight excluding hydrogens is 315 g/mol. The highest BCUT2D eigenvalue weighted by Gasteiger charge is 2.49. The monoisotopic (exact) mass is 334 g/mol. The van der Waals surface area contributed by atoms with Crippen molar-refractivity contribution < 1.29 is 9.13 Å². The van der Waals surface area contributed by atoms with Gasteiger partial charge in [0, 0.05) is 61.6 Å². The van der Waals surface area contributed by atoms with Crippen molar-refractivity contribution in [1.82, 2.24) is 19.7 Å². The number of aromatic nitrogens is 3. The SMILES string of the molecule is Cn1cc(CN2CC3(C[C@@H](Oc4ncccc4F)CS3)C2)cn1. The van der Waals surface area contributed by atoms with Gasteiger partial charge in [-0.05, 0) is 12.1 Å². The molecule has 2 aliphatic heterocycles. The van der Waals surface area contributed by atoms with Gasteiger partial charge in [0.15, 0.2) is 5.82 Å². The lowest BCUT2D eigenvalue weighted by Crippen LogP contribution is -2.58. The number of rotatable bonds is 4. The molecule has 0 saturated carbocycles. The van der Waals surface area contributed by atoms with Gasteiger partial charge in [0.2, 0.25) is 0 Å². The number of halogens is 1. The van der Waals surface area contributed by atoms with E-state index in [-0.39, 0.29) is 22.5 Å². The summed E-state index contributed by atoms with van der Waals surface area (Å²) in [4.78, 5) is 6.40. The maximum atomic E-state index is 13.6. The molecule has 2 saturated heterocycles. The fourth-order valence-corrected chi connectivity index (χ4v) is 4.98. The summed E-state index contributed by atoms with van der Waals surface area (Å²) in [5.74, 6) is 0.642. The number of likely N-dealkylation sites (tertiary alicyclic amines) is 1. The second kappa shape index (κ2) is 5.79. The molecule has 1 atom stereocenters. The van der Waals surface area contributed by atoms with Gasteiger partial charge >= 0.3 is 0 Å². The third-order valence-corrected chi connectivity index (χ3v) is 5.94. The van der Waals surface area contributed by atoms with E-state index in [9.17, 15) is 4.39 Å². The van der Waals surface area contributed by atoms with Gasteiger partial charge in [-0.1, -0.05) is 0 Å². The maximum Gasteiger partial charge on any atom is 0.250 e. The van der Waals surface area contributed by atoms with E-state index < -0.39 is 0 Å². The fraction of sp³-hybridized carbons (Fsp3) is 0.500. The first-order valence-corrected chi connectivity index (χ1v) is 8.71. The van der Waals surface area contributed by atoms with Crippen LogP contribution in [0.25, 0.3) is 0 Å². The number of nitrogens with zero attached hydrogens (tertiary/aromatic N) is 4. The van der Waals surface area contributed by atoms with Gasteiger partial charge in [-0.15, -0.1) is 11.8 Å². The summed E-state index contributed by atoms with van der Waals surface area (Å²) in [6.07, 6.45) is 6.54. The Morgan fingerprint density at radius 2 is 2.35 bits per heavy atom. The van der Waals surface area contributed by atoms with Crippen LogP contribution < -0.4 is 4.74 Å². The van der Waals surface area contributed by atoms with Crippen LogP contribution >= 0.6 is 11.8 Å². The van der Waals surface area contributed by atoms with Gasteiger partial charge in [0.1, 0.15) is 6.10 Å². The summed E-state index contributed by atoms with van der Waals surface area (Å²) < 4.78 is 21.5. The lowest BCUT2D eigenvalue weighted by Gasteiger charge is -2.47. The molecule has 0 amide bonds. The zero-order valence-electron chi connectivity index (χ0n) is 13.0. The lowest BCUT2D eigenvalue weighted by molar-refractivity contribution is 0.0895. The molecule has 0 aromatic carbocycles. The molecule has 0 unspecified atom stereocenters. The van der Waals surface area contributed by atoms with Gasteiger partial charge in [-0.3, -0.25) is 9.58 Å². The van der Waals surface area contributed by atoms with Gasteiger partial charge in [-0.2, -0.15) is 5.10 Å². The summed E-state index contributed by atoms with van der Waals surface area (Å²) in [5.41, 5.74) is 1.24. The summed E-state index contributed by atoms with van der Waals surface area (Å²) >= 11 is 1.95. The normalized spacial score (nSPS) is 23.1.